The molecule has 2 aromatic carbocycles. The molecule has 1 amide bonds. The van der Waals surface area contributed by atoms with E-state index in [0.717, 1.165) is 12.1 Å². The van der Waals surface area contributed by atoms with Crippen molar-refractivity contribution in [3.63, 3.8) is 0 Å². The monoisotopic (exact) mass is 387 g/mol. The number of benzene rings is 2. The summed E-state index contributed by atoms with van der Waals surface area (Å²) in [4.78, 5) is 14.7. The number of nitrogens with zero attached hydrogens (tertiary/aromatic N) is 2. The summed E-state index contributed by atoms with van der Waals surface area (Å²) in [5.74, 6) is -0.0288. The number of sulfonamides is 1. The van der Waals surface area contributed by atoms with E-state index in [-0.39, 0.29) is 16.8 Å². The van der Waals surface area contributed by atoms with Crippen LogP contribution in [0.1, 0.15) is 22.8 Å². The van der Waals surface area contributed by atoms with Gasteiger partial charge in [0.25, 0.3) is 15.9 Å². The molecule has 1 atom stereocenters. The van der Waals surface area contributed by atoms with E-state index in [4.69, 9.17) is 0 Å². The minimum absolute atomic E-state index is 0.0288. The van der Waals surface area contributed by atoms with Crippen LogP contribution in [0, 0.1) is 6.92 Å². The SMILES string of the molecule is Cc1ccc(S(=O)(=O)N(C)c2ccc(C(=O)N3CCNC(C)C3)cc2)cc1. The van der Waals surface area contributed by atoms with Gasteiger partial charge >= 0.3 is 0 Å². The molecule has 1 saturated heterocycles. The predicted molar refractivity (Wildman–Crippen MR) is 107 cm³/mol. The maximum atomic E-state index is 12.8. The Morgan fingerprint density at radius 1 is 1.11 bits per heavy atom. The number of piperazine rings is 1. The lowest BCUT2D eigenvalue weighted by Crippen LogP contribution is -2.51. The van der Waals surface area contributed by atoms with Gasteiger partial charge in [-0.3, -0.25) is 9.10 Å². The molecule has 1 fully saturated rings. The van der Waals surface area contributed by atoms with Gasteiger partial charge in [0, 0.05) is 38.3 Å². The number of carbonyl (C=O) groups excluding carboxylic acids is 1. The van der Waals surface area contributed by atoms with E-state index in [0.29, 0.717) is 24.3 Å². The topological polar surface area (TPSA) is 69.7 Å². The quantitative estimate of drug-likeness (QED) is 0.874. The van der Waals surface area contributed by atoms with Crippen LogP contribution in [-0.4, -0.2) is 51.9 Å². The van der Waals surface area contributed by atoms with Gasteiger partial charge in [0.1, 0.15) is 0 Å². The van der Waals surface area contributed by atoms with Gasteiger partial charge in [-0.2, -0.15) is 0 Å². The molecule has 144 valence electrons. The Bertz CT molecular complexity index is 908. The highest BCUT2D eigenvalue weighted by molar-refractivity contribution is 7.92. The lowest BCUT2D eigenvalue weighted by atomic mass is 10.1. The smallest absolute Gasteiger partial charge is 0.264 e. The zero-order valence-electron chi connectivity index (χ0n) is 15.8. The summed E-state index contributed by atoms with van der Waals surface area (Å²) in [6.45, 7) is 6.08. The van der Waals surface area contributed by atoms with E-state index in [1.165, 1.54) is 11.4 Å². The molecule has 0 saturated carbocycles. The van der Waals surface area contributed by atoms with Crippen molar-refractivity contribution in [2.45, 2.75) is 24.8 Å². The van der Waals surface area contributed by atoms with E-state index in [9.17, 15) is 13.2 Å². The second-order valence-corrected chi connectivity index (χ2v) is 8.91. The number of rotatable bonds is 4. The van der Waals surface area contributed by atoms with Crippen molar-refractivity contribution in [3.05, 3.63) is 59.7 Å². The van der Waals surface area contributed by atoms with E-state index in [1.54, 1.807) is 48.5 Å². The molecule has 3 rings (SSSR count). The van der Waals surface area contributed by atoms with Crippen LogP contribution in [0.5, 0.6) is 0 Å². The van der Waals surface area contributed by atoms with Crippen LogP contribution in [0.3, 0.4) is 0 Å². The number of anilines is 1. The van der Waals surface area contributed by atoms with Gasteiger partial charge in [0.2, 0.25) is 0 Å². The standard InChI is InChI=1S/C20H25N3O3S/c1-15-4-10-19(11-5-15)27(25,26)22(3)18-8-6-17(7-9-18)20(24)23-13-12-21-16(2)14-23/h4-11,16,21H,12-14H2,1-3H3. The van der Waals surface area contributed by atoms with Crippen LogP contribution < -0.4 is 9.62 Å². The third-order valence-electron chi connectivity index (χ3n) is 4.81. The van der Waals surface area contributed by atoms with Crippen LogP contribution in [0.4, 0.5) is 5.69 Å². The highest BCUT2D eigenvalue weighted by atomic mass is 32.2. The average molecular weight is 388 g/mol. The van der Waals surface area contributed by atoms with Crippen LogP contribution in [0.2, 0.25) is 0 Å². The van der Waals surface area contributed by atoms with E-state index in [2.05, 4.69) is 5.32 Å². The summed E-state index contributed by atoms with van der Waals surface area (Å²) >= 11 is 0. The molecule has 1 unspecified atom stereocenters. The van der Waals surface area contributed by atoms with Gasteiger partial charge in [-0.15, -0.1) is 0 Å². The fraction of sp³-hybridized carbons (Fsp3) is 0.350. The zero-order chi connectivity index (χ0) is 19.6. The van der Waals surface area contributed by atoms with Crippen LogP contribution in [0.25, 0.3) is 0 Å². The number of hydrogen-bond acceptors (Lipinski definition) is 4. The first-order valence-corrected chi connectivity index (χ1v) is 10.4. The number of hydrogen-bond donors (Lipinski definition) is 1. The van der Waals surface area contributed by atoms with E-state index in [1.807, 2.05) is 18.7 Å². The molecule has 0 bridgehead atoms. The average Bonchev–Trinajstić information content (AvgIpc) is 2.67. The van der Waals surface area contributed by atoms with Crippen molar-refractivity contribution in [3.8, 4) is 0 Å². The lowest BCUT2D eigenvalue weighted by Gasteiger charge is -2.32. The van der Waals surface area contributed by atoms with Crippen molar-refractivity contribution in [2.24, 2.45) is 0 Å². The Balaban J connectivity index is 1.78. The van der Waals surface area contributed by atoms with Crippen LogP contribution in [0.15, 0.2) is 53.4 Å². The molecule has 1 aliphatic rings. The molecule has 0 aliphatic carbocycles. The first-order valence-electron chi connectivity index (χ1n) is 8.97. The minimum Gasteiger partial charge on any atom is -0.336 e. The van der Waals surface area contributed by atoms with Gasteiger partial charge in [0.05, 0.1) is 10.6 Å². The number of nitrogens with one attached hydrogen (secondary N) is 1. The van der Waals surface area contributed by atoms with Gasteiger partial charge in [0.15, 0.2) is 0 Å². The third kappa shape index (κ3) is 4.14. The number of amides is 1. The Morgan fingerprint density at radius 2 is 1.74 bits per heavy atom. The molecule has 1 aliphatic heterocycles. The van der Waals surface area contributed by atoms with Gasteiger partial charge in [-0.25, -0.2) is 8.42 Å². The summed E-state index contributed by atoms with van der Waals surface area (Å²) < 4.78 is 26.8. The van der Waals surface area contributed by atoms with Crippen molar-refractivity contribution in [1.29, 1.82) is 0 Å². The molecule has 27 heavy (non-hydrogen) atoms. The maximum Gasteiger partial charge on any atom is 0.264 e. The van der Waals surface area contributed by atoms with Gasteiger partial charge in [-0.05, 0) is 50.2 Å². The predicted octanol–water partition coefficient (Wildman–Crippen LogP) is 2.25. The Labute approximate surface area is 160 Å². The van der Waals surface area contributed by atoms with Crippen LogP contribution >= 0.6 is 0 Å². The fourth-order valence-electron chi connectivity index (χ4n) is 3.12. The lowest BCUT2D eigenvalue weighted by molar-refractivity contribution is 0.0709. The zero-order valence-corrected chi connectivity index (χ0v) is 16.7. The molecule has 0 aromatic heterocycles. The first kappa shape index (κ1) is 19.4. The van der Waals surface area contributed by atoms with Crippen LogP contribution in [-0.2, 0) is 10.0 Å². The molecule has 0 spiro atoms. The molecule has 1 N–H and O–H groups in total. The molecular formula is C20H25N3O3S. The summed E-state index contributed by atoms with van der Waals surface area (Å²) in [7, 11) is -2.12. The summed E-state index contributed by atoms with van der Waals surface area (Å²) in [5, 5.41) is 3.31. The maximum absolute atomic E-state index is 12.8. The third-order valence-corrected chi connectivity index (χ3v) is 6.61. The highest BCUT2D eigenvalue weighted by Gasteiger charge is 2.23. The normalized spacial score (nSPS) is 17.6. The molecule has 2 aromatic rings. The Hall–Kier alpha value is -2.38. The summed E-state index contributed by atoms with van der Waals surface area (Å²) in [5.41, 5.74) is 2.08. The second-order valence-electron chi connectivity index (χ2n) is 6.94. The molecule has 7 heteroatoms. The minimum atomic E-state index is -3.64. The van der Waals surface area contributed by atoms with Crippen molar-refractivity contribution >= 4 is 21.6 Å². The Kier molecular flexibility index (Phi) is 5.53. The van der Waals surface area contributed by atoms with Crippen molar-refractivity contribution in [1.82, 2.24) is 10.2 Å². The van der Waals surface area contributed by atoms with E-state index < -0.39 is 10.0 Å². The Morgan fingerprint density at radius 3 is 2.33 bits per heavy atom. The molecule has 0 radical (unpaired) electrons. The van der Waals surface area contributed by atoms with Crippen molar-refractivity contribution in [2.75, 3.05) is 31.0 Å². The summed E-state index contributed by atoms with van der Waals surface area (Å²) in [6.07, 6.45) is 0. The molecule has 1 heterocycles. The second kappa shape index (κ2) is 7.70. The molecule has 6 nitrogen and oxygen atoms in total. The number of carbonyl (C=O) groups is 1. The first-order chi connectivity index (χ1) is 12.8. The van der Waals surface area contributed by atoms with Crippen molar-refractivity contribution < 1.29 is 13.2 Å². The van der Waals surface area contributed by atoms with E-state index >= 15 is 0 Å². The highest BCUT2D eigenvalue weighted by Crippen LogP contribution is 2.23. The largest absolute Gasteiger partial charge is 0.336 e. The fourth-order valence-corrected chi connectivity index (χ4v) is 4.32. The number of aryl methyl sites for hydroxylation is 1. The molecular weight excluding hydrogens is 362 g/mol. The van der Waals surface area contributed by atoms with Gasteiger partial charge < -0.3 is 10.2 Å². The summed E-state index contributed by atoms with van der Waals surface area (Å²) in [6, 6.07) is 13.7. The van der Waals surface area contributed by atoms with Gasteiger partial charge in [-0.1, -0.05) is 17.7 Å².